The molecule has 0 amide bonds. The minimum Gasteiger partial charge on any atom is -0.353 e. The first-order valence-corrected chi connectivity index (χ1v) is 7.81. The van der Waals surface area contributed by atoms with Crippen LogP contribution in [0.2, 0.25) is 0 Å². The molecule has 5 heteroatoms. The predicted molar refractivity (Wildman–Crippen MR) is 79.9 cm³/mol. The Hall–Kier alpha value is -0.810. The second-order valence-corrected chi connectivity index (χ2v) is 5.91. The molecule has 0 bridgehead atoms. The maximum atomic E-state index is 5.56. The summed E-state index contributed by atoms with van der Waals surface area (Å²) in [5.74, 6) is 6.32. The lowest BCUT2D eigenvalue weighted by Crippen LogP contribution is -2.46. The van der Waals surface area contributed by atoms with Crippen LogP contribution in [0, 0.1) is 0 Å². The number of hydrogen-bond acceptors (Lipinski definition) is 3. The smallest absolute Gasteiger partial charge is 0.206 e. The lowest BCUT2D eigenvalue weighted by Gasteiger charge is -2.31. The Labute approximate surface area is 117 Å². The molecule has 19 heavy (non-hydrogen) atoms. The predicted octanol–water partition coefficient (Wildman–Crippen LogP) is 1.21. The Morgan fingerprint density at radius 3 is 2.53 bits per heavy atom. The number of aliphatic imine (C=N–C) groups is 1. The van der Waals surface area contributed by atoms with Gasteiger partial charge in [-0.2, -0.15) is 0 Å². The van der Waals surface area contributed by atoms with E-state index in [1.807, 2.05) is 0 Å². The Balaban J connectivity index is 1.76. The lowest BCUT2D eigenvalue weighted by molar-refractivity contribution is 0.178. The van der Waals surface area contributed by atoms with Gasteiger partial charge in [0, 0.05) is 12.1 Å². The van der Waals surface area contributed by atoms with Crippen molar-refractivity contribution in [2.75, 3.05) is 19.6 Å². The highest BCUT2D eigenvalue weighted by Crippen LogP contribution is 2.17. The highest BCUT2D eigenvalue weighted by Gasteiger charge is 2.18. The summed E-state index contributed by atoms with van der Waals surface area (Å²) >= 11 is 0. The van der Waals surface area contributed by atoms with Crippen LogP contribution in [0.1, 0.15) is 51.9 Å². The fraction of sp³-hybridized carbons (Fsp3) is 0.929. The van der Waals surface area contributed by atoms with Crippen LogP contribution in [0.25, 0.3) is 0 Å². The number of nitrogens with zero attached hydrogens (tertiary/aromatic N) is 2. The normalized spacial score (nSPS) is 24.4. The van der Waals surface area contributed by atoms with Crippen LogP contribution in [-0.4, -0.2) is 42.6 Å². The quantitative estimate of drug-likeness (QED) is 0.310. The Morgan fingerprint density at radius 2 is 1.89 bits per heavy atom. The second-order valence-electron chi connectivity index (χ2n) is 5.91. The van der Waals surface area contributed by atoms with E-state index in [1.54, 1.807) is 0 Å². The fourth-order valence-electron chi connectivity index (χ4n) is 3.09. The second kappa shape index (κ2) is 7.70. The van der Waals surface area contributed by atoms with E-state index < -0.39 is 0 Å². The van der Waals surface area contributed by atoms with Crippen LogP contribution in [0.3, 0.4) is 0 Å². The van der Waals surface area contributed by atoms with Crippen molar-refractivity contribution in [3.05, 3.63) is 0 Å². The summed E-state index contributed by atoms with van der Waals surface area (Å²) in [4.78, 5) is 7.15. The van der Waals surface area contributed by atoms with Gasteiger partial charge in [0.1, 0.15) is 0 Å². The first kappa shape index (κ1) is 14.6. The van der Waals surface area contributed by atoms with E-state index in [-0.39, 0.29) is 0 Å². The monoisotopic (exact) mass is 267 g/mol. The molecular weight excluding hydrogens is 238 g/mol. The standard InChI is InChI=1S/C14H29N5/c1-12(19-9-5-2-6-10-19)11-16-14(18-15)17-13-7-3-4-8-13/h12-13H,2-11,15H2,1H3,(H2,16,17,18). The molecule has 0 aromatic heterocycles. The Kier molecular flexibility index (Phi) is 5.92. The number of piperidine rings is 1. The highest BCUT2D eigenvalue weighted by molar-refractivity contribution is 5.79. The van der Waals surface area contributed by atoms with Crippen LogP contribution < -0.4 is 16.6 Å². The molecule has 1 heterocycles. The third kappa shape index (κ3) is 4.66. The van der Waals surface area contributed by atoms with Gasteiger partial charge in [0.2, 0.25) is 5.96 Å². The molecule has 2 rings (SSSR count). The topological polar surface area (TPSA) is 65.7 Å². The van der Waals surface area contributed by atoms with E-state index in [2.05, 4.69) is 27.6 Å². The Bertz CT molecular complexity index is 280. The Morgan fingerprint density at radius 1 is 1.21 bits per heavy atom. The van der Waals surface area contributed by atoms with E-state index in [0.717, 1.165) is 12.5 Å². The van der Waals surface area contributed by atoms with E-state index >= 15 is 0 Å². The van der Waals surface area contributed by atoms with Crippen LogP contribution in [0.5, 0.6) is 0 Å². The van der Waals surface area contributed by atoms with Gasteiger partial charge in [-0.3, -0.25) is 15.3 Å². The first-order chi connectivity index (χ1) is 9.29. The molecule has 110 valence electrons. The number of nitrogens with two attached hydrogens (primary N) is 1. The molecule has 1 saturated carbocycles. The van der Waals surface area contributed by atoms with Gasteiger partial charge >= 0.3 is 0 Å². The van der Waals surface area contributed by atoms with E-state index in [0.29, 0.717) is 12.1 Å². The summed E-state index contributed by atoms with van der Waals surface area (Å²) in [7, 11) is 0. The van der Waals surface area contributed by atoms with Crippen LogP contribution in [0.15, 0.2) is 4.99 Å². The molecule has 5 nitrogen and oxygen atoms in total. The number of guanidine groups is 1. The van der Waals surface area contributed by atoms with Gasteiger partial charge < -0.3 is 5.32 Å². The van der Waals surface area contributed by atoms with Gasteiger partial charge in [-0.1, -0.05) is 19.3 Å². The number of likely N-dealkylation sites (tertiary alicyclic amines) is 1. The van der Waals surface area contributed by atoms with E-state index in [1.165, 1.54) is 58.0 Å². The number of hydrazine groups is 1. The third-order valence-corrected chi connectivity index (χ3v) is 4.36. The number of rotatable bonds is 4. The third-order valence-electron chi connectivity index (χ3n) is 4.36. The summed E-state index contributed by atoms with van der Waals surface area (Å²) in [6, 6.07) is 1.06. The average Bonchev–Trinajstić information content (AvgIpc) is 2.97. The zero-order valence-electron chi connectivity index (χ0n) is 12.2. The maximum absolute atomic E-state index is 5.56. The van der Waals surface area contributed by atoms with Gasteiger partial charge in [-0.15, -0.1) is 0 Å². The van der Waals surface area contributed by atoms with Crippen LogP contribution >= 0.6 is 0 Å². The van der Waals surface area contributed by atoms with Gasteiger partial charge in [0.15, 0.2) is 0 Å². The fourth-order valence-corrected chi connectivity index (χ4v) is 3.09. The van der Waals surface area contributed by atoms with E-state index in [9.17, 15) is 0 Å². The van der Waals surface area contributed by atoms with Crippen molar-refractivity contribution < 1.29 is 0 Å². The SMILES string of the molecule is CC(CN=C(NN)NC1CCCC1)N1CCCCC1. The molecule has 0 spiro atoms. The zero-order valence-corrected chi connectivity index (χ0v) is 12.2. The van der Waals surface area contributed by atoms with Gasteiger partial charge in [-0.05, 0) is 45.7 Å². The summed E-state index contributed by atoms with van der Waals surface area (Å²) < 4.78 is 0. The molecule has 0 aromatic rings. The molecule has 1 saturated heterocycles. The van der Waals surface area contributed by atoms with Crippen molar-refractivity contribution in [3.63, 3.8) is 0 Å². The molecular formula is C14H29N5. The summed E-state index contributed by atoms with van der Waals surface area (Å²) in [5.41, 5.74) is 2.71. The number of nitrogens with one attached hydrogen (secondary N) is 2. The summed E-state index contributed by atoms with van der Waals surface area (Å²) in [6.07, 6.45) is 9.15. The average molecular weight is 267 g/mol. The van der Waals surface area contributed by atoms with Crippen molar-refractivity contribution in [1.29, 1.82) is 0 Å². The lowest BCUT2D eigenvalue weighted by atomic mass is 10.1. The largest absolute Gasteiger partial charge is 0.353 e. The zero-order chi connectivity index (χ0) is 13.5. The minimum atomic E-state index is 0.508. The van der Waals surface area contributed by atoms with Crippen molar-refractivity contribution in [1.82, 2.24) is 15.6 Å². The van der Waals surface area contributed by atoms with Crippen LogP contribution in [-0.2, 0) is 0 Å². The molecule has 2 fully saturated rings. The van der Waals surface area contributed by atoms with E-state index in [4.69, 9.17) is 5.84 Å². The first-order valence-electron chi connectivity index (χ1n) is 7.81. The van der Waals surface area contributed by atoms with Gasteiger partial charge in [0.25, 0.3) is 0 Å². The molecule has 2 aliphatic rings. The molecule has 1 aliphatic carbocycles. The molecule has 1 aliphatic heterocycles. The van der Waals surface area contributed by atoms with Crippen molar-refractivity contribution in [2.24, 2.45) is 10.8 Å². The minimum absolute atomic E-state index is 0.508. The van der Waals surface area contributed by atoms with Crippen molar-refractivity contribution in [2.45, 2.75) is 64.0 Å². The summed E-state index contributed by atoms with van der Waals surface area (Å²) in [6.45, 7) is 5.52. The molecule has 4 N–H and O–H groups in total. The molecule has 0 aromatic carbocycles. The maximum Gasteiger partial charge on any atom is 0.206 e. The van der Waals surface area contributed by atoms with Gasteiger partial charge in [-0.25, -0.2) is 5.84 Å². The number of hydrogen-bond donors (Lipinski definition) is 3. The molecule has 0 radical (unpaired) electrons. The van der Waals surface area contributed by atoms with Crippen LogP contribution in [0.4, 0.5) is 0 Å². The summed E-state index contributed by atoms with van der Waals surface area (Å²) in [5, 5.41) is 3.42. The molecule has 1 unspecified atom stereocenters. The van der Waals surface area contributed by atoms with Gasteiger partial charge in [0.05, 0.1) is 6.54 Å². The van der Waals surface area contributed by atoms with Crippen molar-refractivity contribution >= 4 is 5.96 Å². The highest BCUT2D eigenvalue weighted by atomic mass is 15.3. The molecule has 1 atom stereocenters. The van der Waals surface area contributed by atoms with Crippen molar-refractivity contribution in [3.8, 4) is 0 Å².